The highest BCUT2D eigenvalue weighted by Gasteiger charge is 2.35. The standard InChI is InChI=1S/C15H20BrN3/c16-13-9-11(5-6-12(13)15(17)18)19-8-7-10-3-1-2-4-14(10)19/h5-6,9-10,14H,1-4,7-8H2,(H3,17,18). The maximum atomic E-state index is 7.54. The molecule has 1 heterocycles. The predicted molar refractivity (Wildman–Crippen MR) is 82.9 cm³/mol. The molecule has 4 heteroatoms. The van der Waals surface area contributed by atoms with Crippen molar-refractivity contribution in [1.82, 2.24) is 0 Å². The van der Waals surface area contributed by atoms with Crippen LogP contribution in [0.2, 0.25) is 0 Å². The molecule has 0 bridgehead atoms. The Morgan fingerprint density at radius 3 is 2.79 bits per heavy atom. The molecule has 19 heavy (non-hydrogen) atoms. The van der Waals surface area contributed by atoms with Gasteiger partial charge in [-0.15, -0.1) is 0 Å². The molecule has 1 aromatic carbocycles. The van der Waals surface area contributed by atoms with Gasteiger partial charge < -0.3 is 10.6 Å². The van der Waals surface area contributed by atoms with E-state index in [0.717, 1.165) is 22.0 Å². The Morgan fingerprint density at radius 2 is 2.05 bits per heavy atom. The smallest absolute Gasteiger partial charge is 0.123 e. The highest BCUT2D eigenvalue weighted by Crippen LogP contribution is 2.39. The van der Waals surface area contributed by atoms with Gasteiger partial charge in [-0.25, -0.2) is 0 Å². The van der Waals surface area contributed by atoms with Gasteiger partial charge in [-0.3, -0.25) is 5.41 Å². The number of rotatable bonds is 2. The summed E-state index contributed by atoms with van der Waals surface area (Å²) in [6.45, 7) is 1.17. The van der Waals surface area contributed by atoms with Gasteiger partial charge in [0, 0.05) is 28.3 Å². The Kier molecular flexibility index (Phi) is 3.52. The molecule has 3 nitrogen and oxygen atoms in total. The normalized spacial score (nSPS) is 26.3. The van der Waals surface area contributed by atoms with E-state index in [1.165, 1.54) is 44.3 Å². The highest BCUT2D eigenvalue weighted by molar-refractivity contribution is 9.10. The largest absolute Gasteiger partial charge is 0.384 e. The minimum absolute atomic E-state index is 0.121. The molecular weight excluding hydrogens is 302 g/mol. The molecule has 2 atom stereocenters. The van der Waals surface area contributed by atoms with E-state index in [0.29, 0.717) is 0 Å². The van der Waals surface area contributed by atoms with Gasteiger partial charge in [0.2, 0.25) is 0 Å². The molecule has 102 valence electrons. The molecule has 3 N–H and O–H groups in total. The minimum Gasteiger partial charge on any atom is -0.384 e. The van der Waals surface area contributed by atoms with E-state index < -0.39 is 0 Å². The van der Waals surface area contributed by atoms with Gasteiger partial charge in [-0.1, -0.05) is 12.8 Å². The lowest BCUT2D eigenvalue weighted by atomic mass is 9.85. The Hall–Kier alpha value is -1.03. The number of benzene rings is 1. The van der Waals surface area contributed by atoms with Crippen LogP contribution >= 0.6 is 15.9 Å². The maximum Gasteiger partial charge on any atom is 0.123 e. The van der Waals surface area contributed by atoms with Crippen LogP contribution in [-0.4, -0.2) is 18.4 Å². The van der Waals surface area contributed by atoms with Crippen molar-refractivity contribution in [1.29, 1.82) is 5.41 Å². The molecule has 1 saturated heterocycles. The fourth-order valence-corrected chi connectivity index (χ4v) is 4.21. The summed E-state index contributed by atoms with van der Waals surface area (Å²) in [4.78, 5) is 2.55. The van der Waals surface area contributed by atoms with Crippen LogP contribution in [0.1, 0.15) is 37.7 Å². The molecule has 2 aliphatic rings. The van der Waals surface area contributed by atoms with Crippen LogP contribution in [0.3, 0.4) is 0 Å². The van der Waals surface area contributed by atoms with Crippen LogP contribution in [-0.2, 0) is 0 Å². The summed E-state index contributed by atoms with van der Waals surface area (Å²) in [5.41, 5.74) is 7.61. The average molecular weight is 322 g/mol. The Bertz CT molecular complexity index is 500. The fourth-order valence-electron chi connectivity index (χ4n) is 3.63. The van der Waals surface area contributed by atoms with Crippen molar-refractivity contribution in [3.8, 4) is 0 Å². The fraction of sp³-hybridized carbons (Fsp3) is 0.533. The minimum atomic E-state index is 0.121. The van der Waals surface area contributed by atoms with Crippen LogP contribution in [0.4, 0.5) is 5.69 Å². The number of fused-ring (bicyclic) bond motifs is 1. The van der Waals surface area contributed by atoms with Crippen molar-refractivity contribution in [2.24, 2.45) is 11.7 Å². The second-order valence-corrected chi connectivity index (χ2v) is 6.53. The Balaban J connectivity index is 1.86. The lowest BCUT2D eigenvalue weighted by molar-refractivity contribution is 0.342. The maximum absolute atomic E-state index is 7.54. The highest BCUT2D eigenvalue weighted by atomic mass is 79.9. The second kappa shape index (κ2) is 5.16. The van der Waals surface area contributed by atoms with E-state index in [-0.39, 0.29) is 5.84 Å². The van der Waals surface area contributed by atoms with E-state index in [1.807, 2.05) is 6.07 Å². The average Bonchev–Trinajstić information content (AvgIpc) is 2.82. The summed E-state index contributed by atoms with van der Waals surface area (Å²) in [6.07, 6.45) is 6.83. The summed E-state index contributed by atoms with van der Waals surface area (Å²) in [6, 6.07) is 6.91. The predicted octanol–water partition coefficient (Wildman–Crippen LogP) is 3.50. The van der Waals surface area contributed by atoms with Crippen molar-refractivity contribution >= 4 is 27.5 Å². The number of amidine groups is 1. The van der Waals surface area contributed by atoms with E-state index in [9.17, 15) is 0 Å². The number of nitrogen functional groups attached to an aromatic ring is 1. The summed E-state index contributed by atoms with van der Waals surface area (Å²) in [5.74, 6) is 1.01. The summed E-state index contributed by atoms with van der Waals surface area (Å²) in [5, 5.41) is 7.54. The van der Waals surface area contributed by atoms with Crippen molar-refractivity contribution in [2.45, 2.75) is 38.1 Å². The van der Waals surface area contributed by atoms with Crippen LogP contribution in [0, 0.1) is 11.3 Å². The molecule has 0 amide bonds. The molecule has 0 spiro atoms. The van der Waals surface area contributed by atoms with E-state index in [1.54, 1.807) is 0 Å². The lowest BCUT2D eigenvalue weighted by Gasteiger charge is -2.33. The molecule has 2 fully saturated rings. The molecule has 1 aliphatic carbocycles. The van der Waals surface area contributed by atoms with Gasteiger partial charge in [-0.2, -0.15) is 0 Å². The second-order valence-electron chi connectivity index (χ2n) is 5.67. The summed E-state index contributed by atoms with van der Waals surface area (Å²) in [7, 11) is 0. The topological polar surface area (TPSA) is 53.1 Å². The molecule has 1 saturated carbocycles. The third kappa shape index (κ3) is 2.38. The van der Waals surface area contributed by atoms with E-state index in [4.69, 9.17) is 11.1 Å². The number of hydrogen-bond donors (Lipinski definition) is 2. The number of nitrogens with two attached hydrogens (primary N) is 1. The molecule has 0 radical (unpaired) electrons. The zero-order valence-corrected chi connectivity index (χ0v) is 12.6. The number of nitrogens with zero attached hydrogens (tertiary/aromatic N) is 1. The van der Waals surface area contributed by atoms with Gasteiger partial charge in [-0.05, 0) is 59.3 Å². The first-order valence-corrected chi connectivity index (χ1v) is 7.86. The van der Waals surface area contributed by atoms with Crippen molar-refractivity contribution in [3.05, 3.63) is 28.2 Å². The molecule has 1 aromatic rings. The molecule has 2 unspecified atom stereocenters. The van der Waals surface area contributed by atoms with Crippen LogP contribution < -0.4 is 10.6 Å². The van der Waals surface area contributed by atoms with Gasteiger partial charge in [0.1, 0.15) is 5.84 Å². The molecular formula is C15H20BrN3. The first-order chi connectivity index (χ1) is 9.16. The number of nitrogens with one attached hydrogen (secondary N) is 1. The lowest BCUT2D eigenvalue weighted by Crippen LogP contribution is -2.34. The van der Waals surface area contributed by atoms with Gasteiger partial charge in [0.05, 0.1) is 0 Å². The van der Waals surface area contributed by atoms with E-state index >= 15 is 0 Å². The van der Waals surface area contributed by atoms with E-state index in [2.05, 4.69) is 33.0 Å². The van der Waals surface area contributed by atoms with Gasteiger partial charge in [0.25, 0.3) is 0 Å². The summed E-state index contributed by atoms with van der Waals surface area (Å²) < 4.78 is 0.928. The van der Waals surface area contributed by atoms with Crippen LogP contribution in [0.25, 0.3) is 0 Å². The van der Waals surface area contributed by atoms with Crippen molar-refractivity contribution < 1.29 is 0 Å². The number of anilines is 1. The summed E-state index contributed by atoms with van der Waals surface area (Å²) >= 11 is 3.54. The first-order valence-electron chi connectivity index (χ1n) is 7.07. The SMILES string of the molecule is N=C(N)c1ccc(N2CCC3CCCCC32)cc1Br. The number of halogens is 1. The van der Waals surface area contributed by atoms with Gasteiger partial charge >= 0.3 is 0 Å². The van der Waals surface area contributed by atoms with Gasteiger partial charge in [0.15, 0.2) is 0 Å². The van der Waals surface area contributed by atoms with Crippen molar-refractivity contribution in [3.63, 3.8) is 0 Å². The first kappa shape index (κ1) is 13.0. The third-order valence-electron chi connectivity index (χ3n) is 4.58. The third-order valence-corrected chi connectivity index (χ3v) is 5.24. The molecule has 1 aliphatic heterocycles. The monoisotopic (exact) mass is 321 g/mol. The Morgan fingerprint density at radius 1 is 1.26 bits per heavy atom. The van der Waals surface area contributed by atoms with Crippen LogP contribution in [0.15, 0.2) is 22.7 Å². The Labute approximate surface area is 122 Å². The van der Waals surface area contributed by atoms with Crippen LogP contribution in [0.5, 0.6) is 0 Å². The number of hydrogen-bond acceptors (Lipinski definition) is 2. The molecule has 3 rings (SSSR count). The quantitative estimate of drug-likeness (QED) is 0.647. The zero-order chi connectivity index (χ0) is 13.4. The van der Waals surface area contributed by atoms with Crippen molar-refractivity contribution in [2.75, 3.05) is 11.4 Å². The zero-order valence-electron chi connectivity index (χ0n) is 11.0. The molecule has 0 aromatic heterocycles.